The highest BCUT2D eigenvalue weighted by atomic mass is 16.5. The van der Waals surface area contributed by atoms with Gasteiger partial charge in [0.05, 0.1) is 35.5 Å². The largest absolute Gasteiger partial charge is 0.497 e. The van der Waals surface area contributed by atoms with Gasteiger partial charge in [-0.15, -0.1) is 0 Å². The van der Waals surface area contributed by atoms with Crippen molar-refractivity contribution in [3.05, 3.63) is 64.8 Å². The van der Waals surface area contributed by atoms with Crippen LogP contribution in [0.1, 0.15) is 27.0 Å². The van der Waals surface area contributed by atoms with Crippen LogP contribution in [0.2, 0.25) is 0 Å². The summed E-state index contributed by atoms with van der Waals surface area (Å²) in [6, 6.07) is 13.2. The number of nitriles is 2. The second-order valence-electron chi connectivity index (χ2n) is 5.08. The summed E-state index contributed by atoms with van der Waals surface area (Å²) in [5.41, 5.74) is 1.26. The van der Waals surface area contributed by atoms with E-state index in [1.807, 2.05) is 12.1 Å². The normalized spacial score (nSPS) is 10.1. The standard InChI is InChI=1S/C18H11N3O3/c1-24-14-4-2-11(3-5-14)18(22)16-10-21(23)17-7-13(9-20)12(8-19)6-15(16)17/h2-7,10,23H,1H3. The van der Waals surface area contributed by atoms with Gasteiger partial charge in [0.2, 0.25) is 0 Å². The van der Waals surface area contributed by atoms with Gasteiger partial charge in [-0.2, -0.15) is 15.3 Å². The van der Waals surface area contributed by atoms with Gasteiger partial charge < -0.3 is 9.94 Å². The number of rotatable bonds is 3. The topological polar surface area (TPSA) is 99.0 Å². The maximum atomic E-state index is 12.7. The number of ketones is 1. The molecular weight excluding hydrogens is 306 g/mol. The van der Waals surface area contributed by atoms with Crippen molar-refractivity contribution in [1.82, 2.24) is 4.73 Å². The Morgan fingerprint density at radius 2 is 1.75 bits per heavy atom. The number of nitrogens with zero attached hydrogens (tertiary/aromatic N) is 3. The first kappa shape index (κ1) is 15.1. The fraction of sp³-hybridized carbons (Fsp3) is 0.0556. The molecule has 0 amide bonds. The maximum Gasteiger partial charge on any atom is 0.195 e. The molecule has 0 unspecified atom stereocenters. The third-order valence-corrected chi connectivity index (χ3v) is 3.76. The minimum atomic E-state index is -0.302. The molecule has 1 heterocycles. The molecule has 3 aromatic rings. The lowest BCUT2D eigenvalue weighted by Crippen LogP contribution is -2.00. The van der Waals surface area contributed by atoms with Gasteiger partial charge in [0.25, 0.3) is 0 Å². The van der Waals surface area contributed by atoms with Gasteiger partial charge >= 0.3 is 0 Å². The molecule has 0 radical (unpaired) electrons. The third-order valence-electron chi connectivity index (χ3n) is 3.76. The van der Waals surface area contributed by atoms with Crippen molar-refractivity contribution in [2.75, 3.05) is 7.11 Å². The van der Waals surface area contributed by atoms with Crippen LogP contribution in [0.3, 0.4) is 0 Å². The Kier molecular flexibility index (Phi) is 3.65. The molecule has 0 aliphatic heterocycles. The number of carbonyl (C=O) groups is 1. The van der Waals surface area contributed by atoms with Gasteiger partial charge in [0.1, 0.15) is 17.9 Å². The molecule has 0 aliphatic rings. The number of hydrogen-bond acceptors (Lipinski definition) is 5. The smallest absolute Gasteiger partial charge is 0.195 e. The van der Waals surface area contributed by atoms with Crippen LogP contribution >= 0.6 is 0 Å². The number of hydrogen-bond donors (Lipinski definition) is 1. The molecule has 2 aromatic carbocycles. The molecule has 6 heteroatoms. The summed E-state index contributed by atoms with van der Waals surface area (Å²) >= 11 is 0. The Labute approximate surface area is 137 Å². The summed E-state index contributed by atoms with van der Waals surface area (Å²) in [7, 11) is 1.53. The highest BCUT2D eigenvalue weighted by molar-refractivity contribution is 6.16. The van der Waals surface area contributed by atoms with E-state index in [0.717, 1.165) is 4.73 Å². The SMILES string of the molecule is COc1ccc(C(=O)c2cn(O)c3cc(C#N)c(C#N)cc23)cc1. The molecule has 0 saturated heterocycles. The molecule has 6 nitrogen and oxygen atoms in total. The van der Waals surface area contributed by atoms with Crippen LogP contribution in [0.4, 0.5) is 0 Å². The first-order valence-corrected chi connectivity index (χ1v) is 6.96. The lowest BCUT2D eigenvalue weighted by atomic mass is 9.99. The number of aromatic nitrogens is 1. The summed E-state index contributed by atoms with van der Waals surface area (Å²) in [4.78, 5) is 12.7. The third kappa shape index (κ3) is 2.33. The number of benzene rings is 2. The predicted molar refractivity (Wildman–Crippen MR) is 85.0 cm³/mol. The van der Waals surface area contributed by atoms with E-state index in [9.17, 15) is 10.0 Å². The molecule has 3 rings (SSSR count). The summed E-state index contributed by atoms with van der Waals surface area (Å²) < 4.78 is 5.85. The zero-order valence-electron chi connectivity index (χ0n) is 12.6. The summed E-state index contributed by atoms with van der Waals surface area (Å²) in [6.45, 7) is 0. The van der Waals surface area contributed by atoms with E-state index in [1.165, 1.54) is 25.4 Å². The Morgan fingerprint density at radius 3 is 2.33 bits per heavy atom. The Balaban J connectivity index is 2.17. The molecule has 0 spiro atoms. The molecule has 0 fully saturated rings. The van der Waals surface area contributed by atoms with E-state index in [2.05, 4.69) is 0 Å². The molecule has 0 saturated carbocycles. The van der Waals surface area contributed by atoms with Crippen molar-refractivity contribution in [2.24, 2.45) is 0 Å². The zero-order chi connectivity index (χ0) is 17.3. The maximum absolute atomic E-state index is 12.7. The van der Waals surface area contributed by atoms with Crippen molar-refractivity contribution < 1.29 is 14.7 Å². The van der Waals surface area contributed by atoms with Crippen LogP contribution in [0.15, 0.2) is 42.6 Å². The number of fused-ring (bicyclic) bond motifs is 1. The molecule has 1 aromatic heterocycles. The second kappa shape index (κ2) is 5.79. The molecule has 24 heavy (non-hydrogen) atoms. The van der Waals surface area contributed by atoms with E-state index in [1.54, 1.807) is 24.3 Å². The monoisotopic (exact) mass is 317 g/mol. The van der Waals surface area contributed by atoms with E-state index < -0.39 is 0 Å². The zero-order valence-corrected chi connectivity index (χ0v) is 12.6. The second-order valence-corrected chi connectivity index (χ2v) is 5.08. The van der Waals surface area contributed by atoms with Gasteiger partial charge in [-0.25, -0.2) is 0 Å². The predicted octanol–water partition coefficient (Wildman–Crippen LogP) is 2.86. The molecule has 0 atom stereocenters. The van der Waals surface area contributed by atoms with Crippen molar-refractivity contribution in [1.29, 1.82) is 10.5 Å². The van der Waals surface area contributed by atoms with Crippen molar-refractivity contribution in [3.63, 3.8) is 0 Å². The van der Waals surface area contributed by atoms with Crippen molar-refractivity contribution >= 4 is 16.7 Å². The summed E-state index contributed by atoms with van der Waals surface area (Å²) in [6.07, 6.45) is 1.28. The van der Waals surface area contributed by atoms with E-state index in [0.29, 0.717) is 22.2 Å². The Morgan fingerprint density at radius 1 is 1.12 bits per heavy atom. The fourth-order valence-electron chi connectivity index (χ4n) is 2.52. The Bertz CT molecular complexity index is 1030. The molecular formula is C18H11N3O3. The highest BCUT2D eigenvalue weighted by Crippen LogP contribution is 2.26. The fourth-order valence-corrected chi connectivity index (χ4v) is 2.52. The van der Waals surface area contributed by atoms with Crippen LogP contribution < -0.4 is 4.74 Å². The van der Waals surface area contributed by atoms with Crippen LogP contribution in [0, 0.1) is 22.7 Å². The van der Waals surface area contributed by atoms with Gasteiger partial charge in [-0.1, -0.05) is 0 Å². The summed E-state index contributed by atoms with van der Waals surface area (Å²) in [5, 5.41) is 28.6. The first-order valence-electron chi connectivity index (χ1n) is 6.96. The molecule has 116 valence electrons. The van der Waals surface area contributed by atoms with E-state index in [-0.39, 0.29) is 22.5 Å². The average Bonchev–Trinajstić information content (AvgIpc) is 2.95. The van der Waals surface area contributed by atoms with Crippen LogP contribution in [-0.4, -0.2) is 22.8 Å². The molecule has 0 aliphatic carbocycles. The number of ether oxygens (including phenoxy) is 1. The van der Waals surface area contributed by atoms with Gasteiger partial charge in [0, 0.05) is 10.9 Å². The van der Waals surface area contributed by atoms with Crippen LogP contribution in [-0.2, 0) is 0 Å². The van der Waals surface area contributed by atoms with Gasteiger partial charge in [-0.3, -0.25) is 4.79 Å². The quantitative estimate of drug-likeness (QED) is 0.591. The number of methoxy groups -OCH3 is 1. The van der Waals surface area contributed by atoms with Gasteiger partial charge in [-0.05, 0) is 36.4 Å². The van der Waals surface area contributed by atoms with Crippen LogP contribution in [0.25, 0.3) is 10.9 Å². The average molecular weight is 317 g/mol. The molecule has 1 N–H and O–H groups in total. The van der Waals surface area contributed by atoms with Crippen molar-refractivity contribution in [2.45, 2.75) is 0 Å². The minimum absolute atomic E-state index is 0.141. The molecule has 0 bridgehead atoms. The highest BCUT2D eigenvalue weighted by Gasteiger charge is 2.19. The van der Waals surface area contributed by atoms with E-state index >= 15 is 0 Å². The number of carbonyl (C=O) groups excluding carboxylic acids is 1. The van der Waals surface area contributed by atoms with E-state index in [4.69, 9.17) is 15.3 Å². The first-order chi connectivity index (χ1) is 11.6. The van der Waals surface area contributed by atoms with Crippen LogP contribution in [0.5, 0.6) is 5.75 Å². The van der Waals surface area contributed by atoms with Gasteiger partial charge in [0.15, 0.2) is 5.78 Å². The van der Waals surface area contributed by atoms with Crippen molar-refractivity contribution in [3.8, 4) is 17.9 Å². The minimum Gasteiger partial charge on any atom is -0.497 e. The lowest BCUT2D eigenvalue weighted by molar-refractivity contribution is 0.103. The summed E-state index contributed by atoms with van der Waals surface area (Å²) in [5.74, 6) is 0.325. The lowest BCUT2D eigenvalue weighted by Gasteiger charge is -2.03. The Hall–Kier alpha value is -3.77.